The molecule has 1 aliphatic rings. The number of pyridine rings is 1. The average Bonchev–Trinajstić information content (AvgIpc) is 3.27. The summed E-state index contributed by atoms with van der Waals surface area (Å²) >= 11 is 1.57. The summed E-state index contributed by atoms with van der Waals surface area (Å²) in [5, 5.41) is 6.69. The highest BCUT2D eigenvalue weighted by molar-refractivity contribution is 7.07. The van der Waals surface area contributed by atoms with E-state index >= 15 is 0 Å². The first-order valence-electron chi connectivity index (χ1n) is 10.5. The summed E-state index contributed by atoms with van der Waals surface area (Å²) in [5.74, 6) is -0.153. The van der Waals surface area contributed by atoms with Crippen LogP contribution in [0.1, 0.15) is 48.3 Å². The molecular formula is C22H30N4O3S. The van der Waals surface area contributed by atoms with E-state index in [2.05, 4.69) is 15.2 Å². The van der Waals surface area contributed by atoms with E-state index < -0.39 is 0 Å². The predicted octanol–water partition coefficient (Wildman–Crippen LogP) is 2.45. The van der Waals surface area contributed by atoms with Crippen LogP contribution in [0.25, 0.3) is 0 Å². The van der Waals surface area contributed by atoms with E-state index in [0.717, 1.165) is 43.7 Å². The van der Waals surface area contributed by atoms with Crippen LogP contribution in [0, 0.1) is 5.92 Å². The molecule has 1 fully saturated rings. The van der Waals surface area contributed by atoms with Gasteiger partial charge in [-0.3, -0.25) is 19.3 Å². The quantitative estimate of drug-likeness (QED) is 0.674. The van der Waals surface area contributed by atoms with Gasteiger partial charge in [-0.25, -0.2) is 0 Å². The molecule has 1 saturated heterocycles. The normalized spacial score (nSPS) is 16.9. The molecular weight excluding hydrogens is 400 g/mol. The van der Waals surface area contributed by atoms with Gasteiger partial charge in [-0.05, 0) is 67.8 Å². The fraction of sp³-hybridized carbons (Fsp3) is 0.500. The van der Waals surface area contributed by atoms with E-state index in [1.807, 2.05) is 35.6 Å². The van der Waals surface area contributed by atoms with Crippen LogP contribution < -0.4 is 10.9 Å². The number of carbonyl (C=O) groups is 2. The van der Waals surface area contributed by atoms with E-state index in [1.165, 1.54) is 0 Å². The number of aromatic nitrogens is 1. The van der Waals surface area contributed by atoms with Gasteiger partial charge >= 0.3 is 0 Å². The van der Waals surface area contributed by atoms with Crippen molar-refractivity contribution < 1.29 is 9.59 Å². The minimum absolute atomic E-state index is 0.00697. The van der Waals surface area contributed by atoms with Crippen molar-refractivity contribution in [3.05, 3.63) is 56.1 Å². The highest BCUT2D eigenvalue weighted by Gasteiger charge is 2.28. The van der Waals surface area contributed by atoms with Gasteiger partial charge in [-0.2, -0.15) is 11.3 Å². The van der Waals surface area contributed by atoms with Crippen LogP contribution >= 0.6 is 11.3 Å². The molecule has 0 aromatic carbocycles. The molecule has 2 aromatic heterocycles. The van der Waals surface area contributed by atoms with Crippen LogP contribution in [0.3, 0.4) is 0 Å². The second-order valence-electron chi connectivity index (χ2n) is 7.63. The third-order valence-electron chi connectivity index (χ3n) is 5.57. The van der Waals surface area contributed by atoms with E-state index in [1.54, 1.807) is 23.5 Å². The molecule has 2 N–H and O–H groups in total. The summed E-state index contributed by atoms with van der Waals surface area (Å²) < 4.78 is 0. The standard InChI is InChI=1S/C22H30N4O3S/c1-3-26(4-2)22(29)17-6-5-10-25(13-17)14-18-7-8-19(21(28)24-18)20(27)23-12-16-9-11-30-15-16/h7-9,11,15,17H,3-6,10,12-14H2,1-2H3,(H,23,27)(H,24,28)/t17-/m0/s1. The number of hydrogen-bond acceptors (Lipinski definition) is 5. The van der Waals surface area contributed by atoms with Gasteiger partial charge in [-0.1, -0.05) is 0 Å². The fourth-order valence-corrected chi connectivity index (χ4v) is 4.56. The summed E-state index contributed by atoms with van der Waals surface area (Å²) in [4.78, 5) is 44.4. The highest BCUT2D eigenvalue weighted by Crippen LogP contribution is 2.20. The Balaban J connectivity index is 1.59. The lowest BCUT2D eigenvalue weighted by Gasteiger charge is -2.34. The number of aromatic amines is 1. The summed E-state index contributed by atoms with van der Waals surface area (Å²) in [6.07, 6.45) is 1.87. The minimum Gasteiger partial charge on any atom is -0.348 e. The van der Waals surface area contributed by atoms with Crippen molar-refractivity contribution in [2.24, 2.45) is 5.92 Å². The molecule has 3 rings (SSSR count). The maximum Gasteiger partial charge on any atom is 0.261 e. The number of piperidine rings is 1. The number of hydrogen-bond donors (Lipinski definition) is 2. The molecule has 162 valence electrons. The second-order valence-corrected chi connectivity index (χ2v) is 8.41. The first kappa shape index (κ1) is 22.2. The summed E-state index contributed by atoms with van der Waals surface area (Å²) in [6.45, 7) is 8.03. The molecule has 2 aromatic rings. The Bertz CT molecular complexity index is 905. The number of likely N-dealkylation sites (tertiary alicyclic amines) is 1. The number of H-pyrrole nitrogens is 1. The smallest absolute Gasteiger partial charge is 0.261 e. The van der Waals surface area contributed by atoms with Crippen molar-refractivity contribution in [3.63, 3.8) is 0 Å². The Kier molecular flexibility index (Phi) is 7.81. The van der Waals surface area contributed by atoms with Crippen molar-refractivity contribution in [2.45, 2.75) is 39.8 Å². The molecule has 8 heteroatoms. The molecule has 7 nitrogen and oxygen atoms in total. The summed E-state index contributed by atoms with van der Waals surface area (Å²) in [7, 11) is 0. The number of nitrogens with one attached hydrogen (secondary N) is 2. The Hall–Kier alpha value is -2.45. The lowest BCUT2D eigenvalue weighted by molar-refractivity contribution is -0.137. The molecule has 2 amide bonds. The summed E-state index contributed by atoms with van der Waals surface area (Å²) in [5.41, 5.74) is 1.50. The van der Waals surface area contributed by atoms with Crippen LogP contribution in [0.4, 0.5) is 0 Å². The van der Waals surface area contributed by atoms with Gasteiger partial charge in [0.2, 0.25) is 5.91 Å². The molecule has 0 radical (unpaired) electrons. The van der Waals surface area contributed by atoms with Crippen LogP contribution in [0.5, 0.6) is 0 Å². The van der Waals surface area contributed by atoms with Gasteiger partial charge in [0, 0.05) is 38.4 Å². The number of carbonyl (C=O) groups excluding carboxylic acids is 2. The fourth-order valence-electron chi connectivity index (χ4n) is 3.89. The average molecular weight is 431 g/mol. The van der Waals surface area contributed by atoms with E-state index in [0.29, 0.717) is 19.6 Å². The van der Waals surface area contributed by atoms with Gasteiger partial charge < -0.3 is 15.2 Å². The van der Waals surface area contributed by atoms with Crippen LogP contribution in [-0.2, 0) is 17.9 Å². The van der Waals surface area contributed by atoms with Crippen molar-refractivity contribution in [1.29, 1.82) is 0 Å². The van der Waals surface area contributed by atoms with E-state index in [4.69, 9.17) is 0 Å². The molecule has 0 saturated carbocycles. The second kappa shape index (κ2) is 10.5. The van der Waals surface area contributed by atoms with E-state index in [-0.39, 0.29) is 28.9 Å². The Morgan fingerprint density at radius 2 is 2.07 bits per heavy atom. The highest BCUT2D eigenvalue weighted by atomic mass is 32.1. The van der Waals surface area contributed by atoms with Gasteiger partial charge in [0.1, 0.15) is 5.56 Å². The molecule has 0 bridgehead atoms. The number of amides is 2. The number of nitrogens with zero attached hydrogens (tertiary/aromatic N) is 2. The molecule has 1 aliphatic heterocycles. The molecule has 0 aliphatic carbocycles. The van der Waals surface area contributed by atoms with Crippen LogP contribution in [-0.4, -0.2) is 52.8 Å². The first-order valence-corrected chi connectivity index (χ1v) is 11.5. The first-order chi connectivity index (χ1) is 14.5. The SMILES string of the molecule is CCN(CC)C(=O)[C@H]1CCCN(Cc2ccc(C(=O)NCc3ccsc3)c(=O)[nH]2)C1. The van der Waals surface area contributed by atoms with Crippen molar-refractivity contribution >= 4 is 23.2 Å². The Morgan fingerprint density at radius 1 is 1.27 bits per heavy atom. The number of rotatable bonds is 8. The maximum atomic E-state index is 12.7. The van der Waals surface area contributed by atoms with Crippen molar-refractivity contribution in [1.82, 2.24) is 20.1 Å². The molecule has 1 atom stereocenters. The van der Waals surface area contributed by atoms with Gasteiger partial charge in [-0.15, -0.1) is 0 Å². The lowest BCUT2D eigenvalue weighted by atomic mass is 9.96. The molecule has 0 spiro atoms. The Morgan fingerprint density at radius 3 is 2.73 bits per heavy atom. The topological polar surface area (TPSA) is 85.5 Å². The maximum absolute atomic E-state index is 12.7. The van der Waals surface area contributed by atoms with Crippen LogP contribution in [0.15, 0.2) is 33.8 Å². The third-order valence-corrected chi connectivity index (χ3v) is 6.30. The minimum atomic E-state index is -0.386. The monoisotopic (exact) mass is 430 g/mol. The molecule has 30 heavy (non-hydrogen) atoms. The number of thiophene rings is 1. The van der Waals surface area contributed by atoms with Gasteiger partial charge in [0.25, 0.3) is 11.5 Å². The van der Waals surface area contributed by atoms with Crippen LogP contribution in [0.2, 0.25) is 0 Å². The zero-order valence-electron chi connectivity index (χ0n) is 17.6. The van der Waals surface area contributed by atoms with Gasteiger partial charge in [0.15, 0.2) is 0 Å². The third kappa shape index (κ3) is 5.58. The lowest BCUT2D eigenvalue weighted by Crippen LogP contribution is -2.44. The van der Waals surface area contributed by atoms with Crippen molar-refractivity contribution in [3.8, 4) is 0 Å². The predicted molar refractivity (Wildman–Crippen MR) is 118 cm³/mol. The largest absolute Gasteiger partial charge is 0.348 e. The van der Waals surface area contributed by atoms with E-state index in [9.17, 15) is 14.4 Å². The zero-order valence-corrected chi connectivity index (χ0v) is 18.5. The summed E-state index contributed by atoms with van der Waals surface area (Å²) in [6, 6.07) is 5.31. The Labute approximate surface area is 181 Å². The van der Waals surface area contributed by atoms with Crippen molar-refractivity contribution in [2.75, 3.05) is 26.2 Å². The zero-order chi connectivity index (χ0) is 21.5. The van der Waals surface area contributed by atoms with Gasteiger partial charge in [0.05, 0.1) is 5.92 Å². The molecule has 3 heterocycles. The molecule has 0 unspecified atom stereocenters.